The molecule has 25 heavy (non-hydrogen) atoms. The van der Waals surface area contributed by atoms with Crippen LogP contribution in [-0.2, 0) is 11.2 Å². The first kappa shape index (κ1) is 17.2. The van der Waals surface area contributed by atoms with Crippen molar-refractivity contribution in [2.45, 2.75) is 6.42 Å². The number of carbonyl (C=O) groups excluding carboxylic acids is 1. The van der Waals surface area contributed by atoms with Gasteiger partial charge < -0.3 is 19.9 Å². The van der Waals surface area contributed by atoms with Crippen molar-refractivity contribution in [1.82, 2.24) is 14.9 Å². The smallest absolute Gasteiger partial charge is 0.228 e. The highest BCUT2D eigenvalue weighted by Gasteiger charge is 2.16. The first-order chi connectivity index (χ1) is 12.1. The third kappa shape index (κ3) is 4.67. The number of amides is 1. The van der Waals surface area contributed by atoms with Crippen LogP contribution in [0.25, 0.3) is 0 Å². The van der Waals surface area contributed by atoms with Gasteiger partial charge in [0.15, 0.2) is 0 Å². The molecule has 0 aliphatic carbocycles. The molecule has 1 aromatic heterocycles. The number of benzene rings is 1. The average Bonchev–Trinajstić information content (AvgIpc) is 2.64. The zero-order chi connectivity index (χ0) is 17.6. The highest BCUT2D eigenvalue weighted by atomic mass is 16.5. The third-order valence-electron chi connectivity index (χ3n) is 4.23. The number of carbonyl (C=O) groups is 1. The summed E-state index contributed by atoms with van der Waals surface area (Å²) in [6.07, 6.45) is 3.61. The van der Waals surface area contributed by atoms with Crippen LogP contribution in [0.5, 0.6) is 5.75 Å². The molecule has 1 aliphatic heterocycles. The normalized spacial score (nSPS) is 15.0. The lowest BCUT2D eigenvalue weighted by Crippen LogP contribution is -2.45. The predicted molar refractivity (Wildman–Crippen MR) is 97.1 cm³/mol. The van der Waals surface area contributed by atoms with Crippen LogP contribution in [0.3, 0.4) is 0 Å². The maximum atomic E-state index is 12.1. The van der Waals surface area contributed by atoms with Crippen LogP contribution in [0, 0.1) is 0 Å². The molecule has 1 saturated heterocycles. The van der Waals surface area contributed by atoms with Gasteiger partial charge in [-0.25, -0.2) is 9.97 Å². The van der Waals surface area contributed by atoms with Gasteiger partial charge in [-0.15, -0.1) is 0 Å². The van der Waals surface area contributed by atoms with Gasteiger partial charge in [-0.2, -0.15) is 0 Å². The van der Waals surface area contributed by atoms with Crippen molar-refractivity contribution in [1.29, 1.82) is 0 Å². The summed E-state index contributed by atoms with van der Waals surface area (Å²) in [6, 6.07) is 7.45. The SMILES string of the molecule is COc1ccc(CC(=O)Nc2cnc(N3CCN(C)CC3)nc2)cc1. The van der Waals surface area contributed by atoms with Gasteiger partial charge in [0.2, 0.25) is 11.9 Å². The second-order valence-corrected chi connectivity index (χ2v) is 6.14. The zero-order valence-corrected chi connectivity index (χ0v) is 14.6. The molecule has 0 spiro atoms. The van der Waals surface area contributed by atoms with E-state index in [-0.39, 0.29) is 5.91 Å². The molecule has 3 rings (SSSR count). The van der Waals surface area contributed by atoms with Crippen LogP contribution in [0.1, 0.15) is 5.56 Å². The Bertz CT molecular complexity index is 694. The minimum atomic E-state index is -0.0962. The van der Waals surface area contributed by atoms with E-state index in [1.54, 1.807) is 19.5 Å². The quantitative estimate of drug-likeness (QED) is 0.887. The molecule has 0 radical (unpaired) electrons. The molecule has 1 amide bonds. The summed E-state index contributed by atoms with van der Waals surface area (Å²) >= 11 is 0. The number of piperazine rings is 1. The number of anilines is 2. The molecule has 7 heteroatoms. The van der Waals surface area contributed by atoms with E-state index in [4.69, 9.17) is 4.74 Å². The Labute approximate surface area is 147 Å². The molecule has 132 valence electrons. The largest absolute Gasteiger partial charge is 0.497 e. The Morgan fingerprint density at radius 2 is 1.76 bits per heavy atom. The summed E-state index contributed by atoms with van der Waals surface area (Å²) in [4.78, 5) is 25.3. The van der Waals surface area contributed by atoms with E-state index in [1.807, 2.05) is 24.3 Å². The molecule has 0 bridgehead atoms. The predicted octanol–water partition coefficient (Wildman–Crippen LogP) is 1.42. The van der Waals surface area contributed by atoms with Crippen molar-refractivity contribution < 1.29 is 9.53 Å². The standard InChI is InChI=1S/C18H23N5O2/c1-22-7-9-23(10-8-22)18-19-12-15(13-20-18)21-17(24)11-14-3-5-16(25-2)6-4-14/h3-6,12-13H,7-11H2,1-2H3,(H,21,24). The number of nitrogens with one attached hydrogen (secondary N) is 1. The molecular weight excluding hydrogens is 318 g/mol. The van der Waals surface area contributed by atoms with Gasteiger partial charge in [-0.3, -0.25) is 4.79 Å². The number of nitrogens with zero attached hydrogens (tertiary/aromatic N) is 4. The lowest BCUT2D eigenvalue weighted by molar-refractivity contribution is -0.115. The summed E-state index contributed by atoms with van der Waals surface area (Å²) in [7, 11) is 3.73. The second-order valence-electron chi connectivity index (χ2n) is 6.14. The van der Waals surface area contributed by atoms with Crippen molar-refractivity contribution in [2.75, 3.05) is 50.6 Å². The first-order valence-corrected chi connectivity index (χ1v) is 8.32. The van der Waals surface area contributed by atoms with Crippen LogP contribution in [-0.4, -0.2) is 61.1 Å². The van der Waals surface area contributed by atoms with Gasteiger partial charge in [-0.05, 0) is 24.7 Å². The van der Waals surface area contributed by atoms with Crippen LogP contribution < -0.4 is 15.0 Å². The Morgan fingerprint density at radius 3 is 2.36 bits per heavy atom. The van der Waals surface area contributed by atoms with Crippen molar-refractivity contribution in [3.05, 3.63) is 42.2 Å². The molecule has 2 heterocycles. The molecule has 0 unspecified atom stereocenters. The number of aromatic nitrogens is 2. The van der Waals surface area contributed by atoms with Gasteiger partial charge in [0.05, 0.1) is 31.6 Å². The highest BCUT2D eigenvalue weighted by molar-refractivity contribution is 5.92. The fourth-order valence-corrected chi connectivity index (χ4v) is 2.69. The van der Waals surface area contributed by atoms with E-state index in [0.29, 0.717) is 18.1 Å². The lowest BCUT2D eigenvalue weighted by Gasteiger charge is -2.32. The number of likely N-dealkylation sites (N-methyl/N-ethyl adjacent to an activating group) is 1. The summed E-state index contributed by atoms with van der Waals surface area (Å²) in [5.74, 6) is 1.39. The summed E-state index contributed by atoms with van der Waals surface area (Å²) in [5.41, 5.74) is 1.53. The second kappa shape index (κ2) is 7.94. The monoisotopic (exact) mass is 341 g/mol. The molecular formula is C18H23N5O2. The van der Waals surface area contributed by atoms with Crippen LogP contribution >= 0.6 is 0 Å². The fraction of sp³-hybridized carbons (Fsp3) is 0.389. The maximum Gasteiger partial charge on any atom is 0.228 e. The van der Waals surface area contributed by atoms with Gasteiger partial charge >= 0.3 is 0 Å². The average molecular weight is 341 g/mol. The Balaban J connectivity index is 1.54. The molecule has 2 aromatic rings. The van der Waals surface area contributed by atoms with Crippen molar-refractivity contribution in [3.63, 3.8) is 0 Å². The van der Waals surface area contributed by atoms with E-state index < -0.39 is 0 Å². The number of hydrogen-bond acceptors (Lipinski definition) is 6. The Kier molecular flexibility index (Phi) is 5.45. The van der Waals surface area contributed by atoms with E-state index in [2.05, 4.69) is 32.1 Å². The number of rotatable bonds is 5. The topological polar surface area (TPSA) is 70.6 Å². The van der Waals surface area contributed by atoms with Crippen molar-refractivity contribution in [3.8, 4) is 5.75 Å². The first-order valence-electron chi connectivity index (χ1n) is 8.32. The molecule has 0 saturated carbocycles. The number of hydrogen-bond donors (Lipinski definition) is 1. The summed E-state index contributed by atoms with van der Waals surface area (Å²) in [5, 5.41) is 2.83. The summed E-state index contributed by atoms with van der Waals surface area (Å²) in [6.45, 7) is 3.84. The lowest BCUT2D eigenvalue weighted by atomic mass is 10.1. The van der Waals surface area contributed by atoms with Crippen molar-refractivity contribution >= 4 is 17.5 Å². The highest BCUT2D eigenvalue weighted by Crippen LogP contribution is 2.14. The van der Waals surface area contributed by atoms with E-state index in [0.717, 1.165) is 37.5 Å². The third-order valence-corrected chi connectivity index (χ3v) is 4.23. The molecule has 1 N–H and O–H groups in total. The minimum Gasteiger partial charge on any atom is -0.497 e. The Hall–Kier alpha value is -2.67. The van der Waals surface area contributed by atoms with Crippen LogP contribution in [0.2, 0.25) is 0 Å². The molecule has 1 aliphatic rings. The van der Waals surface area contributed by atoms with Crippen LogP contribution in [0.15, 0.2) is 36.7 Å². The molecule has 1 fully saturated rings. The molecule has 0 atom stereocenters. The fourth-order valence-electron chi connectivity index (χ4n) is 2.69. The van der Waals surface area contributed by atoms with E-state index >= 15 is 0 Å². The minimum absolute atomic E-state index is 0.0962. The van der Waals surface area contributed by atoms with Gasteiger partial charge in [0.25, 0.3) is 0 Å². The van der Waals surface area contributed by atoms with E-state index in [9.17, 15) is 4.79 Å². The molecule has 7 nitrogen and oxygen atoms in total. The van der Waals surface area contributed by atoms with Gasteiger partial charge in [-0.1, -0.05) is 12.1 Å². The van der Waals surface area contributed by atoms with Gasteiger partial charge in [0.1, 0.15) is 5.75 Å². The zero-order valence-electron chi connectivity index (χ0n) is 14.6. The summed E-state index contributed by atoms with van der Waals surface area (Å²) < 4.78 is 5.11. The number of methoxy groups -OCH3 is 1. The van der Waals surface area contributed by atoms with Gasteiger partial charge in [0, 0.05) is 26.2 Å². The van der Waals surface area contributed by atoms with E-state index in [1.165, 1.54) is 0 Å². The van der Waals surface area contributed by atoms with Crippen molar-refractivity contribution in [2.24, 2.45) is 0 Å². The maximum absolute atomic E-state index is 12.1. The Morgan fingerprint density at radius 1 is 1.12 bits per heavy atom. The van der Waals surface area contributed by atoms with Crippen LogP contribution in [0.4, 0.5) is 11.6 Å². The molecule has 1 aromatic carbocycles. The number of ether oxygens (including phenoxy) is 1.